The second-order valence-electron chi connectivity index (χ2n) is 3.59. The van der Waals surface area contributed by atoms with Gasteiger partial charge in [0.2, 0.25) is 0 Å². The average Bonchev–Trinajstić information content (AvgIpc) is 2.37. The lowest BCUT2D eigenvalue weighted by molar-refractivity contribution is 0.277. The summed E-state index contributed by atoms with van der Waals surface area (Å²) in [4.78, 5) is 0.135. The first-order valence-corrected chi connectivity index (χ1v) is 8.50. The molecule has 102 valence electrons. The number of hydrogen-bond acceptors (Lipinski definition) is 6. The summed E-state index contributed by atoms with van der Waals surface area (Å²) in [7, 11) is -4.38. The predicted molar refractivity (Wildman–Crippen MR) is 69.4 cm³/mol. The molecule has 0 aliphatic heterocycles. The van der Waals surface area contributed by atoms with Crippen LogP contribution in [-0.4, -0.2) is 34.6 Å². The lowest BCUT2D eigenvalue weighted by Gasteiger charge is -2.13. The van der Waals surface area contributed by atoms with E-state index in [1.807, 2.05) is 0 Å². The molecule has 0 aliphatic carbocycles. The van der Waals surface area contributed by atoms with Crippen LogP contribution in [0, 0.1) is 0 Å². The van der Waals surface area contributed by atoms with Crippen molar-refractivity contribution in [2.45, 2.75) is 4.90 Å². The van der Waals surface area contributed by atoms with Crippen LogP contribution in [0.25, 0.3) is 0 Å². The SMILES string of the molecule is COP(=O)(CCS(=O)(=O)c1ccc(N)cc1)OC. The zero-order valence-electron chi connectivity index (χ0n) is 10.2. The van der Waals surface area contributed by atoms with Crippen molar-refractivity contribution in [2.75, 3.05) is 31.9 Å². The van der Waals surface area contributed by atoms with Crippen molar-refractivity contribution < 1.29 is 22.0 Å². The van der Waals surface area contributed by atoms with Gasteiger partial charge in [0.15, 0.2) is 9.84 Å². The van der Waals surface area contributed by atoms with E-state index in [0.29, 0.717) is 5.69 Å². The van der Waals surface area contributed by atoms with Crippen LogP contribution in [0.5, 0.6) is 0 Å². The fraction of sp³-hybridized carbons (Fsp3) is 0.400. The quantitative estimate of drug-likeness (QED) is 0.631. The van der Waals surface area contributed by atoms with Gasteiger partial charge in [0.05, 0.1) is 16.8 Å². The highest BCUT2D eigenvalue weighted by Gasteiger charge is 2.25. The average molecular weight is 293 g/mol. The molecule has 0 saturated carbocycles. The molecular weight excluding hydrogens is 277 g/mol. The molecule has 1 aromatic carbocycles. The molecule has 8 heteroatoms. The fourth-order valence-corrected chi connectivity index (χ4v) is 4.44. The predicted octanol–water partition coefficient (Wildman–Crippen LogP) is 1.53. The Kier molecular flexibility index (Phi) is 4.92. The Balaban J connectivity index is 2.83. The molecule has 0 spiro atoms. The second-order valence-corrected chi connectivity index (χ2v) is 8.10. The van der Waals surface area contributed by atoms with E-state index in [4.69, 9.17) is 5.73 Å². The van der Waals surface area contributed by atoms with Gasteiger partial charge in [0.25, 0.3) is 0 Å². The van der Waals surface area contributed by atoms with Crippen molar-refractivity contribution in [2.24, 2.45) is 0 Å². The molecule has 0 radical (unpaired) electrons. The molecule has 0 saturated heterocycles. The number of nitrogens with two attached hydrogens (primary N) is 1. The zero-order valence-corrected chi connectivity index (χ0v) is 11.9. The molecule has 0 heterocycles. The maximum Gasteiger partial charge on any atom is 0.331 e. The maximum absolute atomic E-state index is 11.9. The smallest absolute Gasteiger partial charge is 0.331 e. The molecule has 0 amide bonds. The summed E-state index contributed by atoms with van der Waals surface area (Å²) >= 11 is 0. The molecule has 1 rings (SSSR count). The van der Waals surface area contributed by atoms with Gasteiger partial charge in [-0.25, -0.2) is 8.42 Å². The molecule has 0 aliphatic rings. The molecule has 18 heavy (non-hydrogen) atoms. The van der Waals surface area contributed by atoms with E-state index in [2.05, 4.69) is 9.05 Å². The summed E-state index contributed by atoms with van der Waals surface area (Å²) in [5, 5.41) is 0. The van der Waals surface area contributed by atoms with Crippen LogP contribution in [0.3, 0.4) is 0 Å². The molecule has 0 unspecified atom stereocenters. The summed E-state index contributed by atoms with van der Waals surface area (Å²) in [6.45, 7) is 0. The number of rotatable bonds is 6. The van der Waals surface area contributed by atoms with E-state index in [9.17, 15) is 13.0 Å². The van der Waals surface area contributed by atoms with Gasteiger partial charge in [-0.05, 0) is 24.3 Å². The Hall–Kier alpha value is -0.880. The van der Waals surface area contributed by atoms with Gasteiger partial charge in [-0.1, -0.05) is 0 Å². The third-order valence-electron chi connectivity index (χ3n) is 2.43. The number of benzene rings is 1. The minimum absolute atomic E-state index is 0.135. The molecular formula is C10H16NO5PS. The van der Waals surface area contributed by atoms with Crippen LogP contribution in [0.1, 0.15) is 0 Å². The summed E-state index contributed by atoms with van der Waals surface area (Å²) in [5.74, 6) is -0.310. The van der Waals surface area contributed by atoms with Crippen molar-refractivity contribution in [3.8, 4) is 0 Å². The van der Waals surface area contributed by atoms with Gasteiger partial charge in [-0.15, -0.1) is 0 Å². The van der Waals surface area contributed by atoms with Gasteiger partial charge in [0, 0.05) is 19.9 Å². The molecule has 6 nitrogen and oxygen atoms in total. The third kappa shape index (κ3) is 3.81. The highest BCUT2D eigenvalue weighted by Crippen LogP contribution is 2.46. The van der Waals surface area contributed by atoms with E-state index in [1.54, 1.807) is 0 Å². The zero-order chi connectivity index (χ0) is 13.8. The van der Waals surface area contributed by atoms with Crippen LogP contribution in [-0.2, 0) is 23.4 Å². The van der Waals surface area contributed by atoms with E-state index in [1.165, 1.54) is 38.5 Å². The van der Waals surface area contributed by atoms with Gasteiger partial charge < -0.3 is 14.8 Å². The monoisotopic (exact) mass is 293 g/mol. The minimum Gasteiger partial charge on any atom is -0.399 e. The van der Waals surface area contributed by atoms with Crippen LogP contribution < -0.4 is 5.73 Å². The molecule has 0 aromatic heterocycles. The Morgan fingerprint density at radius 2 is 1.67 bits per heavy atom. The molecule has 0 fully saturated rings. The van der Waals surface area contributed by atoms with Crippen LogP contribution in [0.4, 0.5) is 5.69 Å². The molecule has 0 bridgehead atoms. The lowest BCUT2D eigenvalue weighted by atomic mass is 10.3. The number of sulfone groups is 1. The standard InChI is InChI=1S/C10H16NO5PS/c1-15-17(12,16-2)7-8-18(13,14)10-5-3-9(11)4-6-10/h3-6H,7-8,11H2,1-2H3. The Bertz CT molecular complexity index is 532. The van der Waals surface area contributed by atoms with Crippen LogP contribution in [0.2, 0.25) is 0 Å². The van der Waals surface area contributed by atoms with E-state index < -0.39 is 17.4 Å². The largest absolute Gasteiger partial charge is 0.399 e. The summed E-state index contributed by atoms with van der Waals surface area (Å²) in [6, 6.07) is 5.82. The first kappa shape index (κ1) is 15.2. The molecule has 0 atom stereocenters. The van der Waals surface area contributed by atoms with Crippen molar-refractivity contribution in [1.82, 2.24) is 0 Å². The third-order valence-corrected chi connectivity index (χ3v) is 6.35. The van der Waals surface area contributed by atoms with Gasteiger partial charge in [-0.3, -0.25) is 4.57 Å². The van der Waals surface area contributed by atoms with Crippen LogP contribution >= 0.6 is 7.60 Å². The van der Waals surface area contributed by atoms with Crippen molar-refractivity contribution in [1.29, 1.82) is 0 Å². The minimum atomic E-state index is -3.52. The Morgan fingerprint density at radius 1 is 1.17 bits per heavy atom. The fourth-order valence-electron chi connectivity index (χ4n) is 1.28. The maximum atomic E-state index is 11.9. The molecule has 2 N–H and O–H groups in total. The number of hydrogen-bond donors (Lipinski definition) is 1. The van der Waals surface area contributed by atoms with Crippen molar-refractivity contribution >= 4 is 23.1 Å². The topological polar surface area (TPSA) is 95.7 Å². The summed E-state index contributed by atoms with van der Waals surface area (Å²) in [6.07, 6.45) is -0.188. The van der Waals surface area contributed by atoms with E-state index >= 15 is 0 Å². The highest BCUT2D eigenvalue weighted by atomic mass is 32.2. The van der Waals surface area contributed by atoms with Crippen LogP contribution in [0.15, 0.2) is 29.2 Å². The Morgan fingerprint density at radius 3 is 2.11 bits per heavy atom. The van der Waals surface area contributed by atoms with Crippen molar-refractivity contribution in [3.05, 3.63) is 24.3 Å². The number of nitrogen functional groups attached to an aromatic ring is 1. The van der Waals surface area contributed by atoms with Crippen molar-refractivity contribution in [3.63, 3.8) is 0 Å². The highest BCUT2D eigenvalue weighted by molar-refractivity contribution is 7.91. The van der Waals surface area contributed by atoms with E-state index in [-0.39, 0.29) is 16.8 Å². The first-order chi connectivity index (χ1) is 8.33. The number of anilines is 1. The summed E-state index contributed by atoms with van der Waals surface area (Å²) < 4.78 is 45.0. The lowest BCUT2D eigenvalue weighted by Crippen LogP contribution is -2.12. The summed E-state index contributed by atoms with van der Waals surface area (Å²) in [5.41, 5.74) is 5.96. The van der Waals surface area contributed by atoms with Gasteiger partial charge in [0.1, 0.15) is 0 Å². The van der Waals surface area contributed by atoms with Gasteiger partial charge in [-0.2, -0.15) is 0 Å². The second kappa shape index (κ2) is 5.84. The Labute approximate surface area is 107 Å². The normalized spacial score (nSPS) is 12.6. The first-order valence-electron chi connectivity index (χ1n) is 5.12. The molecule has 1 aromatic rings. The van der Waals surface area contributed by atoms with Gasteiger partial charge >= 0.3 is 7.60 Å². The van der Waals surface area contributed by atoms with E-state index in [0.717, 1.165) is 0 Å².